The van der Waals surface area contributed by atoms with Crippen molar-refractivity contribution in [2.75, 3.05) is 32.4 Å². The summed E-state index contributed by atoms with van der Waals surface area (Å²) >= 11 is 2.05. The van der Waals surface area contributed by atoms with Gasteiger partial charge in [-0.2, -0.15) is 11.8 Å². The lowest BCUT2D eigenvalue weighted by molar-refractivity contribution is 0.168. The molecule has 22 heavy (non-hydrogen) atoms. The number of nitrogens with zero attached hydrogens (tertiary/aromatic N) is 2. The van der Waals surface area contributed by atoms with Crippen molar-refractivity contribution in [1.82, 2.24) is 15.1 Å². The molecule has 0 bridgehead atoms. The van der Waals surface area contributed by atoms with E-state index >= 15 is 0 Å². The minimum Gasteiger partial charge on any atom is -0.335 e. The van der Waals surface area contributed by atoms with Crippen molar-refractivity contribution in [3.63, 3.8) is 0 Å². The monoisotopic (exact) mass is 327 g/mol. The molecule has 5 heteroatoms. The normalized spacial score (nSPS) is 27.0. The van der Waals surface area contributed by atoms with Crippen LogP contribution in [0.3, 0.4) is 0 Å². The number of carbonyl (C=O) groups is 1. The number of thioether (sulfide) groups is 1. The summed E-state index contributed by atoms with van der Waals surface area (Å²) in [6.07, 6.45) is 7.00. The second-order valence-electron chi connectivity index (χ2n) is 6.72. The number of urea groups is 1. The number of nitrogens with one attached hydrogen (secondary N) is 1. The number of carbonyl (C=O) groups excluding carboxylic acids is 1. The highest BCUT2D eigenvalue weighted by molar-refractivity contribution is 7.99. The molecule has 2 atom stereocenters. The summed E-state index contributed by atoms with van der Waals surface area (Å²) in [5, 5.41) is 4.01. The van der Waals surface area contributed by atoms with Gasteiger partial charge in [-0.25, -0.2) is 4.79 Å². The molecule has 2 amide bonds. The van der Waals surface area contributed by atoms with Gasteiger partial charge in [0.1, 0.15) is 0 Å². The summed E-state index contributed by atoms with van der Waals surface area (Å²) < 4.78 is 0. The minimum atomic E-state index is 0.140. The van der Waals surface area contributed by atoms with Crippen LogP contribution in [-0.4, -0.2) is 65.6 Å². The minimum absolute atomic E-state index is 0.140. The topological polar surface area (TPSA) is 35.6 Å². The van der Waals surface area contributed by atoms with Crippen LogP contribution in [0.1, 0.15) is 52.4 Å². The Kier molecular flexibility index (Phi) is 7.35. The van der Waals surface area contributed by atoms with E-state index in [1.807, 2.05) is 23.7 Å². The zero-order chi connectivity index (χ0) is 15.9. The number of likely N-dealkylation sites (tertiary alicyclic amines) is 1. The van der Waals surface area contributed by atoms with Crippen molar-refractivity contribution in [1.29, 1.82) is 0 Å². The van der Waals surface area contributed by atoms with Crippen molar-refractivity contribution in [3.8, 4) is 0 Å². The van der Waals surface area contributed by atoms with Gasteiger partial charge >= 0.3 is 6.03 Å². The third-order valence-corrected chi connectivity index (χ3v) is 6.32. The predicted octanol–water partition coefficient (Wildman–Crippen LogP) is 3.18. The molecular weight excluding hydrogens is 294 g/mol. The number of piperidine rings is 1. The van der Waals surface area contributed by atoms with Crippen molar-refractivity contribution in [2.45, 2.75) is 69.7 Å². The summed E-state index contributed by atoms with van der Waals surface area (Å²) in [5.74, 6) is 1.18. The lowest BCUT2D eigenvalue weighted by Gasteiger charge is -2.34. The van der Waals surface area contributed by atoms with Gasteiger partial charge in [0, 0.05) is 37.5 Å². The second kappa shape index (κ2) is 9.02. The van der Waals surface area contributed by atoms with E-state index in [1.54, 1.807) is 0 Å². The number of rotatable bonds is 6. The number of amides is 2. The lowest BCUT2D eigenvalue weighted by Crippen LogP contribution is -2.50. The van der Waals surface area contributed by atoms with Gasteiger partial charge in [-0.3, -0.25) is 0 Å². The molecule has 1 saturated carbocycles. The van der Waals surface area contributed by atoms with Gasteiger partial charge in [0.25, 0.3) is 0 Å². The molecule has 2 fully saturated rings. The first-order valence-corrected chi connectivity index (χ1v) is 10.1. The van der Waals surface area contributed by atoms with E-state index < -0.39 is 0 Å². The summed E-state index contributed by atoms with van der Waals surface area (Å²) in [7, 11) is 1.98. The molecule has 1 saturated heterocycles. The fourth-order valence-corrected chi connectivity index (χ4v) is 4.85. The lowest BCUT2D eigenvalue weighted by atomic mass is 10.1. The van der Waals surface area contributed by atoms with E-state index in [4.69, 9.17) is 0 Å². The first-order valence-electron chi connectivity index (χ1n) is 9.01. The maximum absolute atomic E-state index is 12.5. The summed E-state index contributed by atoms with van der Waals surface area (Å²) in [5.41, 5.74) is 0. The van der Waals surface area contributed by atoms with Crippen molar-refractivity contribution < 1.29 is 4.79 Å². The molecule has 4 nitrogen and oxygen atoms in total. The molecule has 1 aliphatic carbocycles. The third kappa shape index (κ3) is 5.05. The van der Waals surface area contributed by atoms with Crippen molar-refractivity contribution in [3.05, 3.63) is 0 Å². The third-order valence-electron chi connectivity index (χ3n) is 5.08. The highest BCUT2D eigenvalue weighted by Gasteiger charge is 2.31. The molecular formula is C17H33N3OS. The van der Waals surface area contributed by atoms with Crippen LogP contribution in [0, 0.1) is 0 Å². The molecule has 1 N–H and O–H groups in total. The summed E-state index contributed by atoms with van der Waals surface area (Å²) in [6.45, 7) is 7.90. The average molecular weight is 328 g/mol. The SMILES string of the molecule is CCCN1CCC(NC(=O)N(C)[C@H]2CC[C@@H](SCC)C2)CC1. The van der Waals surface area contributed by atoms with E-state index in [0.29, 0.717) is 12.1 Å². The Morgan fingerprint density at radius 1 is 1.23 bits per heavy atom. The molecule has 128 valence electrons. The van der Waals surface area contributed by atoms with Crippen LogP contribution in [0.4, 0.5) is 4.79 Å². The van der Waals surface area contributed by atoms with E-state index in [0.717, 1.165) is 44.0 Å². The van der Waals surface area contributed by atoms with Gasteiger partial charge in [0.05, 0.1) is 0 Å². The molecule has 2 rings (SSSR count). The fraction of sp³-hybridized carbons (Fsp3) is 0.941. The predicted molar refractivity (Wildman–Crippen MR) is 95.6 cm³/mol. The van der Waals surface area contributed by atoms with Gasteiger partial charge in [-0.05, 0) is 50.8 Å². The van der Waals surface area contributed by atoms with Gasteiger partial charge < -0.3 is 15.1 Å². The molecule has 2 aliphatic rings. The van der Waals surface area contributed by atoms with Gasteiger partial charge in [-0.1, -0.05) is 13.8 Å². The number of hydrogen-bond acceptors (Lipinski definition) is 3. The first kappa shape index (κ1) is 17.9. The zero-order valence-electron chi connectivity index (χ0n) is 14.5. The quantitative estimate of drug-likeness (QED) is 0.814. The van der Waals surface area contributed by atoms with E-state index in [1.165, 1.54) is 25.1 Å². The van der Waals surface area contributed by atoms with Crippen LogP contribution in [-0.2, 0) is 0 Å². The second-order valence-corrected chi connectivity index (χ2v) is 8.30. The molecule has 0 aromatic rings. The van der Waals surface area contributed by atoms with Crippen LogP contribution >= 0.6 is 11.8 Å². The molecule has 0 unspecified atom stereocenters. The molecule has 1 heterocycles. The van der Waals surface area contributed by atoms with Gasteiger partial charge in [0.2, 0.25) is 0 Å². The summed E-state index contributed by atoms with van der Waals surface area (Å²) in [6, 6.07) is 0.940. The van der Waals surface area contributed by atoms with Gasteiger partial charge in [-0.15, -0.1) is 0 Å². The largest absolute Gasteiger partial charge is 0.335 e. The Morgan fingerprint density at radius 3 is 2.59 bits per heavy atom. The Balaban J connectivity index is 1.71. The van der Waals surface area contributed by atoms with Crippen LogP contribution in [0.5, 0.6) is 0 Å². The Bertz CT molecular complexity index is 345. The number of hydrogen-bond donors (Lipinski definition) is 1. The Morgan fingerprint density at radius 2 is 1.95 bits per heavy atom. The molecule has 0 aromatic heterocycles. The fourth-order valence-electron chi connectivity index (χ4n) is 3.72. The van der Waals surface area contributed by atoms with Gasteiger partial charge in [0.15, 0.2) is 0 Å². The highest BCUT2D eigenvalue weighted by atomic mass is 32.2. The van der Waals surface area contributed by atoms with E-state index in [9.17, 15) is 4.79 Å². The first-order chi connectivity index (χ1) is 10.6. The van der Waals surface area contributed by atoms with Crippen molar-refractivity contribution in [2.24, 2.45) is 0 Å². The highest BCUT2D eigenvalue weighted by Crippen LogP contribution is 2.32. The standard InChI is InChI=1S/C17H33N3OS/c1-4-10-20-11-8-14(9-12-20)18-17(21)19(3)15-6-7-16(13-15)22-5-2/h14-16H,4-13H2,1-3H3,(H,18,21)/t15-,16+/m0/s1. The maximum Gasteiger partial charge on any atom is 0.317 e. The van der Waals surface area contributed by atoms with Crippen LogP contribution in [0.25, 0.3) is 0 Å². The summed E-state index contributed by atoms with van der Waals surface area (Å²) in [4.78, 5) is 16.9. The smallest absolute Gasteiger partial charge is 0.317 e. The average Bonchev–Trinajstić information content (AvgIpc) is 2.98. The Hall–Kier alpha value is -0.420. The van der Waals surface area contributed by atoms with E-state index in [2.05, 4.69) is 24.1 Å². The molecule has 0 aromatic carbocycles. The van der Waals surface area contributed by atoms with Crippen LogP contribution in [0.2, 0.25) is 0 Å². The zero-order valence-corrected chi connectivity index (χ0v) is 15.3. The Labute approximate surface area is 140 Å². The van der Waals surface area contributed by atoms with E-state index in [-0.39, 0.29) is 6.03 Å². The van der Waals surface area contributed by atoms with Crippen LogP contribution in [0.15, 0.2) is 0 Å². The maximum atomic E-state index is 12.5. The molecule has 1 aliphatic heterocycles. The molecule has 0 radical (unpaired) electrons. The van der Waals surface area contributed by atoms with Crippen LogP contribution < -0.4 is 5.32 Å². The van der Waals surface area contributed by atoms with Crippen molar-refractivity contribution >= 4 is 17.8 Å². The molecule has 0 spiro atoms.